The summed E-state index contributed by atoms with van der Waals surface area (Å²) in [5.41, 5.74) is 3.52. The van der Waals surface area contributed by atoms with Crippen LogP contribution in [0.4, 0.5) is 0 Å². The Morgan fingerprint density at radius 3 is 2.38 bits per heavy atom. The second-order valence-electron chi connectivity index (χ2n) is 3.71. The first-order chi connectivity index (χ1) is 7.40. The quantitative estimate of drug-likeness (QED) is 0.628. The molecular formula is C12H14BrClO2. The number of carbonyl (C=O) groups is 1. The topological polar surface area (TPSA) is 26.3 Å². The summed E-state index contributed by atoms with van der Waals surface area (Å²) in [6.07, 6.45) is 0. The van der Waals surface area contributed by atoms with Gasteiger partial charge in [0, 0.05) is 0 Å². The molecule has 0 saturated heterocycles. The van der Waals surface area contributed by atoms with E-state index in [4.69, 9.17) is 16.3 Å². The van der Waals surface area contributed by atoms with Gasteiger partial charge in [-0.2, -0.15) is 0 Å². The number of benzene rings is 1. The van der Waals surface area contributed by atoms with E-state index in [1.807, 2.05) is 26.8 Å². The zero-order chi connectivity index (χ0) is 12.5. The Bertz CT molecular complexity index is 428. The molecule has 0 saturated carbocycles. The van der Waals surface area contributed by atoms with Gasteiger partial charge in [-0.05, 0) is 37.5 Å². The van der Waals surface area contributed by atoms with Crippen molar-refractivity contribution >= 4 is 33.3 Å². The maximum Gasteiger partial charge on any atom is 0.195 e. The fourth-order valence-corrected chi connectivity index (χ4v) is 2.06. The first-order valence-corrected chi connectivity index (χ1v) is 6.22. The third kappa shape index (κ3) is 2.41. The highest BCUT2D eigenvalue weighted by Crippen LogP contribution is 2.31. The van der Waals surface area contributed by atoms with Gasteiger partial charge in [0.2, 0.25) is 0 Å². The number of ether oxygens (including phenoxy) is 1. The van der Waals surface area contributed by atoms with Crippen molar-refractivity contribution in [3.05, 3.63) is 28.3 Å². The molecule has 4 heteroatoms. The van der Waals surface area contributed by atoms with Gasteiger partial charge in [-0.25, -0.2) is 0 Å². The lowest BCUT2D eigenvalue weighted by atomic mass is 9.97. The van der Waals surface area contributed by atoms with Gasteiger partial charge in [-0.15, -0.1) is 11.6 Å². The van der Waals surface area contributed by atoms with Gasteiger partial charge in [0.1, 0.15) is 5.75 Å². The number of carbonyl (C=O) groups excluding carboxylic acids is 1. The van der Waals surface area contributed by atoms with Crippen molar-refractivity contribution < 1.29 is 9.53 Å². The molecule has 0 spiro atoms. The number of rotatable bonds is 3. The zero-order valence-electron chi connectivity index (χ0n) is 9.73. The maximum absolute atomic E-state index is 11.9. The fourth-order valence-electron chi connectivity index (χ4n) is 1.72. The van der Waals surface area contributed by atoms with E-state index in [1.165, 1.54) is 0 Å². The lowest BCUT2D eigenvalue weighted by Crippen LogP contribution is -2.12. The Kier molecular flexibility index (Phi) is 4.39. The molecule has 0 aliphatic carbocycles. The smallest absolute Gasteiger partial charge is 0.195 e. The molecule has 0 aliphatic rings. The number of methoxy groups -OCH3 is 1. The largest absolute Gasteiger partial charge is 0.496 e. The average Bonchev–Trinajstić information content (AvgIpc) is 2.21. The van der Waals surface area contributed by atoms with Gasteiger partial charge < -0.3 is 4.74 Å². The summed E-state index contributed by atoms with van der Waals surface area (Å²) in [4.78, 5) is 11.9. The number of ketones is 1. The molecule has 0 fully saturated rings. The molecule has 1 unspecified atom stereocenters. The third-order valence-corrected chi connectivity index (χ3v) is 3.25. The summed E-state index contributed by atoms with van der Waals surface area (Å²) >= 11 is 8.84. The van der Waals surface area contributed by atoms with Crippen LogP contribution in [-0.4, -0.2) is 17.2 Å². The van der Waals surface area contributed by atoms with Gasteiger partial charge >= 0.3 is 0 Å². The summed E-state index contributed by atoms with van der Waals surface area (Å²) in [5, 5.41) is 0. The van der Waals surface area contributed by atoms with E-state index in [0.717, 1.165) is 16.7 Å². The number of halogens is 2. The monoisotopic (exact) mass is 304 g/mol. The Labute approximate surface area is 109 Å². The summed E-state index contributed by atoms with van der Waals surface area (Å²) in [5.74, 6) is 0.451. The number of alkyl halides is 2. The molecule has 88 valence electrons. The third-order valence-electron chi connectivity index (χ3n) is 2.64. The van der Waals surface area contributed by atoms with E-state index < -0.39 is 4.29 Å². The van der Waals surface area contributed by atoms with Crippen LogP contribution in [0.5, 0.6) is 5.75 Å². The average molecular weight is 306 g/mol. The van der Waals surface area contributed by atoms with Crippen LogP contribution in [0.25, 0.3) is 0 Å². The van der Waals surface area contributed by atoms with Crippen molar-refractivity contribution in [3.8, 4) is 5.75 Å². The van der Waals surface area contributed by atoms with Crippen LogP contribution in [-0.2, 0) is 0 Å². The highest BCUT2D eigenvalue weighted by atomic mass is 79.9. The second-order valence-corrected chi connectivity index (χ2v) is 5.59. The van der Waals surface area contributed by atoms with Crippen LogP contribution in [0.15, 0.2) is 6.07 Å². The molecule has 1 atom stereocenters. The maximum atomic E-state index is 11.9. The molecule has 1 aromatic carbocycles. The summed E-state index contributed by atoms with van der Waals surface area (Å²) in [6, 6.07) is 1.97. The SMILES string of the molecule is COc1c(C)c(C)cc(C)c1C(=O)C(Cl)Br. The number of aryl methyl sites for hydroxylation is 2. The van der Waals surface area contributed by atoms with Crippen molar-refractivity contribution in [3.63, 3.8) is 0 Å². The van der Waals surface area contributed by atoms with Crippen molar-refractivity contribution in [1.29, 1.82) is 0 Å². The van der Waals surface area contributed by atoms with Crippen LogP contribution >= 0.6 is 27.5 Å². The van der Waals surface area contributed by atoms with Crippen LogP contribution in [0.1, 0.15) is 27.0 Å². The number of hydrogen-bond acceptors (Lipinski definition) is 2. The normalized spacial score (nSPS) is 12.4. The number of Topliss-reactive ketones (excluding diaryl/α,β-unsaturated/α-hetero) is 1. The van der Waals surface area contributed by atoms with Crippen molar-refractivity contribution in [2.75, 3.05) is 7.11 Å². The predicted molar refractivity (Wildman–Crippen MR) is 70.1 cm³/mol. The summed E-state index contributed by atoms with van der Waals surface area (Å²) < 4.78 is 4.59. The molecular weight excluding hydrogens is 291 g/mol. The minimum absolute atomic E-state index is 0.167. The standard InChI is InChI=1S/C12H14BrClO2/c1-6-5-7(2)9(10(15)12(13)14)11(16-4)8(6)3/h5,12H,1-4H3. The van der Waals surface area contributed by atoms with E-state index in [9.17, 15) is 4.79 Å². The fraction of sp³-hybridized carbons (Fsp3) is 0.417. The van der Waals surface area contributed by atoms with Crippen molar-refractivity contribution in [1.82, 2.24) is 0 Å². The van der Waals surface area contributed by atoms with Gasteiger partial charge in [-0.1, -0.05) is 22.0 Å². The molecule has 0 aromatic heterocycles. The lowest BCUT2D eigenvalue weighted by molar-refractivity contribution is 0.101. The number of hydrogen-bond donors (Lipinski definition) is 0. The Hall–Kier alpha value is -0.540. The molecule has 0 aliphatic heterocycles. The molecule has 2 nitrogen and oxygen atoms in total. The molecule has 0 bridgehead atoms. The molecule has 0 amide bonds. The zero-order valence-corrected chi connectivity index (χ0v) is 12.1. The van der Waals surface area contributed by atoms with Crippen molar-refractivity contribution in [2.24, 2.45) is 0 Å². The summed E-state index contributed by atoms with van der Waals surface area (Å²) in [7, 11) is 1.56. The van der Waals surface area contributed by atoms with E-state index in [1.54, 1.807) is 7.11 Å². The van der Waals surface area contributed by atoms with E-state index in [-0.39, 0.29) is 5.78 Å². The van der Waals surface area contributed by atoms with E-state index in [0.29, 0.717) is 11.3 Å². The van der Waals surface area contributed by atoms with Crippen LogP contribution in [0.3, 0.4) is 0 Å². The second kappa shape index (κ2) is 5.19. The predicted octanol–water partition coefficient (Wildman–Crippen LogP) is 3.76. The molecule has 1 rings (SSSR count). The first-order valence-electron chi connectivity index (χ1n) is 4.87. The minimum Gasteiger partial charge on any atom is -0.496 e. The van der Waals surface area contributed by atoms with Crippen LogP contribution in [0, 0.1) is 20.8 Å². The van der Waals surface area contributed by atoms with Gasteiger partial charge in [0.05, 0.1) is 12.7 Å². The molecule has 1 aromatic rings. The van der Waals surface area contributed by atoms with Gasteiger partial charge in [0.25, 0.3) is 0 Å². The lowest BCUT2D eigenvalue weighted by Gasteiger charge is -2.16. The van der Waals surface area contributed by atoms with Gasteiger partial charge in [-0.3, -0.25) is 4.79 Å². The minimum atomic E-state index is -0.720. The molecule has 16 heavy (non-hydrogen) atoms. The van der Waals surface area contributed by atoms with Crippen LogP contribution < -0.4 is 4.74 Å². The highest BCUT2D eigenvalue weighted by Gasteiger charge is 2.22. The molecule has 0 radical (unpaired) electrons. The Morgan fingerprint density at radius 1 is 1.38 bits per heavy atom. The summed E-state index contributed by atoms with van der Waals surface area (Å²) in [6.45, 7) is 5.81. The first kappa shape index (κ1) is 13.5. The highest BCUT2D eigenvalue weighted by molar-refractivity contribution is 9.10. The molecule has 0 heterocycles. The van der Waals surface area contributed by atoms with Crippen LogP contribution in [0.2, 0.25) is 0 Å². The van der Waals surface area contributed by atoms with Crippen molar-refractivity contribution in [2.45, 2.75) is 25.1 Å². The van der Waals surface area contributed by atoms with Gasteiger partial charge in [0.15, 0.2) is 10.1 Å². The van der Waals surface area contributed by atoms with E-state index in [2.05, 4.69) is 15.9 Å². The Balaban J connectivity index is 3.49. The Morgan fingerprint density at radius 2 is 1.94 bits per heavy atom. The molecule has 0 N–H and O–H groups in total. The van der Waals surface area contributed by atoms with E-state index >= 15 is 0 Å².